The maximum absolute atomic E-state index is 15.5. The Morgan fingerprint density at radius 2 is 1.70 bits per heavy atom. The molecule has 176 valence electrons. The van der Waals surface area contributed by atoms with Crippen molar-refractivity contribution >= 4 is 43.2 Å². The zero-order chi connectivity index (χ0) is 24.6. The van der Waals surface area contributed by atoms with Crippen molar-refractivity contribution in [3.8, 4) is 5.75 Å². The predicted molar refractivity (Wildman–Crippen MR) is 152 cm³/mol. The summed E-state index contributed by atoms with van der Waals surface area (Å²) in [5, 5.41) is 2.55. The van der Waals surface area contributed by atoms with Crippen LogP contribution in [0.2, 0.25) is 0 Å². The molecule has 1 aliphatic heterocycles. The summed E-state index contributed by atoms with van der Waals surface area (Å²) in [6.07, 6.45) is 13.6. The van der Waals surface area contributed by atoms with Gasteiger partial charge < -0.3 is 4.74 Å². The maximum atomic E-state index is 15.5. The Hall–Kier alpha value is -4.21. The molecule has 2 aliphatic carbocycles. The van der Waals surface area contributed by atoms with Crippen LogP contribution in [0.5, 0.6) is 5.75 Å². The third kappa shape index (κ3) is 2.83. The molecule has 0 saturated heterocycles. The fourth-order valence-corrected chi connectivity index (χ4v) is 7.53. The average molecular weight is 497 g/mol. The second-order valence-corrected chi connectivity index (χ2v) is 10.9. The van der Waals surface area contributed by atoms with Crippen LogP contribution in [-0.2, 0) is 11.8 Å². The third-order valence-corrected chi connectivity index (χ3v) is 9.05. The van der Waals surface area contributed by atoms with Gasteiger partial charge in [-0.3, -0.25) is 0 Å². The minimum Gasteiger partial charge on any atom is -0.464 e. The molecule has 0 fully saturated rings. The second-order valence-electron chi connectivity index (χ2n) is 9.80. The average Bonchev–Trinajstić information content (AvgIpc) is 3.52. The SMILES string of the molecule is Fc1ccccc1C1(c2ccccc2)C=CC2=Cc3c4c(c5c(sc6ccccc65)c3C2=C1)CC=CO4. The van der Waals surface area contributed by atoms with Crippen LogP contribution in [0.3, 0.4) is 0 Å². The normalized spacial score (nSPS) is 19.3. The van der Waals surface area contributed by atoms with E-state index in [1.165, 1.54) is 31.3 Å². The smallest absolute Gasteiger partial charge is 0.138 e. The standard InChI is InChI=1S/C34H21FOS/c35-28-14-6-5-13-27(28)34(22-9-2-1-3-10-22)17-16-21-19-25-31(26(21)20-34)33-30(24-12-8-18-36-32(24)25)23-11-4-7-15-29(23)37-33/h1-11,13-20H,12H2. The van der Waals surface area contributed by atoms with Crippen molar-refractivity contribution in [2.45, 2.75) is 11.8 Å². The summed E-state index contributed by atoms with van der Waals surface area (Å²) >= 11 is 1.84. The maximum Gasteiger partial charge on any atom is 0.138 e. The number of ether oxygens (including phenoxy) is 1. The van der Waals surface area contributed by atoms with Crippen LogP contribution in [0.1, 0.15) is 27.8 Å². The van der Waals surface area contributed by atoms with Crippen LogP contribution in [0, 0.1) is 5.82 Å². The molecule has 1 aromatic heterocycles. The highest BCUT2D eigenvalue weighted by atomic mass is 32.1. The van der Waals surface area contributed by atoms with Crippen LogP contribution in [0.25, 0.3) is 31.8 Å². The van der Waals surface area contributed by atoms with Gasteiger partial charge in [-0.05, 0) is 47.4 Å². The largest absolute Gasteiger partial charge is 0.464 e. The fourth-order valence-electron chi connectivity index (χ4n) is 6.23. The molecule has 0 saturated carbocycles. The molecular formula is C34H21FOS. The first-order valence-corrected chi connectivity index (χ1v) is 13.3. The molecule has 37 heavy (non-hydrogen) atoms. The predicted octanol–water partition coefficient (Wildman–Crippen LogP) is 8.98. The zero-order valence-electron chi connectivity index (χ0n) is 19.9. The number of hydrogen-bond acceptors (Lipinski definition) is 2. The number of rotatable bonds is 2. The van der Waals surface area contributed by atoms with E-state index in [-0.39, 0.29) is 5.82 Å². The lowest BCUT2D eigenvalue weighted by atomic mass is 9.69. The van der Waals surface area contributed by atoms with E-state index in [0.717, 1.165) is 34.4 Å². The van der Waals surface area contributed by atoms with Crippen molar-refractivity contribution < 1.29 is 9.13 Å². The topological polar surface area (TPSA) is 9.23 Å². The molecule has 5 aromatic rings. The highest BCUT2D eigenvalue weighted by Gasteiger charge is 2.38. The number of halogens is 1. The minimum atomic E-state index is -0.722. The first-order chi connectivity index (χ1) is 18.2. The molecular weight excluding hydrogens is 475 g/mol. The molecule has 4 aromatic carbocycles. The van der Waals surface area contributed by atoms with Crippen LogP contribution in [-0.4, -0.2) is 0 Å². The summed E-state index contributed by atoms with van der Waals surface area (Å²) in [5.74, 6) is 0.741. The fraction of sp³-hybridized carbons (Fsp3) is 0.0588. The molecule has 0 N–H and O–H groups in total. The van der Waals surface area contributed by atoms with Crippen LogP contribution in [0.4, 0.5) is 4.39 Å². The first kappa shape index (κ1) is 20.9. The van der Waals surface area contributed by atoms with Gasteiger partial charge in [-0.25, -0.2) is 4.39 Å². The molecule has 0 amide bonds. The van der Waals surface area contributed by atoms with Gasteiger partial charge in [-0.1, -0.05) is 85.0 Å². The van der Waals surface area contributed by atoms with E-state index in [1.54, 1.807) is 18.4 Å². The Bertz CT molecular complexity index is 1890. The Labute approximate surface area is 218 Å². The van der Waals surface area contributed by atoms with Gasteiger partial charge in [0.05, 0.1) is 11.7 Å². The number of benzene rings is 4. The number of thiophene rings is 1. The van der Waals surface area contributed by atoms with Gasteiger partial charge in [0.25, 0.3) is 0 Å². The van der Waals surface area contributed by atoms with Crippen molar-refractivity contribution in [3.05, 3.63) is 149 Å². The monoisotopic (exact) mass is 496 g/mol. The molecule has 1 atom stereocenters. The van der Waals surface area contributed by atoms with Gasteiger partial charge in [0.1, 0.15) is 11.6 Å². The van der Waals surface area contributed by atoms with Crippen molar-refractivity contribution in [2.75, 3.05) is 0 Å². The molecule has 1 nitrogen and oxygen atoms in total. The third-order valence-electron chi connectivity index (χ3n) is 7.87. The van der Waals surface area contributed by atoms with E-state index in [2.05, 4.69) is 66.8 Å². The lowest BCUT2D eigenvalue weighted by Crippen LogP contribution is -2.26. The highest BCUT2D eigenvalue weighted by Crippen LogP contribution is 2.55. The second kappa shape index (κ2) is 7.64. The van der Waals surface area contributed by atoms with Crippen LogP contribution < -0.4 is 4.74 Å². The lowest BCUT2D eigenvalue weighted by molar-refractivity contribution is 0.465. The van der Waals surface area contributed by atoms with Gasteiger partial charge in [-0.15, -0.1) is 11.3 Å². The Morgan fingerprint density at radius 3 is 2.59 bits per heavy atom. The number of hydrogen-bond donors (Lipinski definition) is 0. The lowest BCUT2D eigenvalue weighted by Gasteiger charge is -2.33. The summed E-state index contributed by atoms with van der Waals surface area (Å²) in [6, 6.07) is 26.0. The van der Waals surface area contributed by atoms with Crippen molar-refractivity contribution in [3.63, 3.8) is 0 Å². The molecule has 2 heterocycles. The van der Waals surface area contributed by atoms with Crippen molar-refractivity contribution in [1.82, 2.24) is 0 Å². The van der Waals surface area contributed by atoms with E-state index in [1.807, 2.05) is 41.7 Å². The van der Waals surface area contributed by atoms with Gasteiger partial charge in [-0.2, -0.15) is 0 Å². The zero-order valence-corrected chi connectivity index (χ0v) is 20.7. The van der Waals surface area contributed by atoms with Gasteiger partial charge >= 0.3 is 0 Å². The summed E-state index contributed by atoms with van der Waals surface area (Å²) in [6.45, 7) is 0. The summed E-state index contributed by atoms with van der Waals surface area (Å²) in [4.78, 5) is 0. The minimum absolute atomic E-state index is 0.204. The molecule has 8 rings (SSSR count). The van der Waals surface area contributed by atoms with Crippen molar-refractivity contribution in [1.29, 1.82) is 0 Å². The summed E-state index contributed by atoms with van der Waals surface area (Å²) < 4.78 is 24.2. The van der Waals surface area contributed by atoms with E-state index in [4.69, 9.17) is 4.74 Å². The molecule has 0 spiro atoms. The molecule has 0 radical (unpaired) electrons. The number of allylic oxidation sites excluding steroid dienone is 6. The van der Waals surface area contributed by atoms with E-state index in [9.17, 15) is 0 Å². The quantitative estimate of drug-likeness (QED) is 0.237. The summed E-state index contributed by atoms with van der Waals surface area (Å²) in [7, 11) is 0. The highest BCUT2D eigenvalue weighted by molar-refractivity contribution is 7.26. The van der Waals surface area contributed by atoms with Crippen LogP contribution in [0.15, 0.2) is 115 Å². The van der Waals surface area contributed by atoms with Gasteiger partial charge in [0, 0.05) is 42.4 Å². The molecule has 0 bridgehead atoms. The van der Waals surface area contributed by atoms with E-state index in [0.29, 0.717) is 5.56 Å². The van der Waals surface area contributed by atoms with Gasteiger partial charge in [0.2, 0.25) is 0 Å². The Morgan fingerprint density at radius 1 is 0.892 bits per heavy atom. The Balaban J connectivity index is 1.49. The van der Waals surface area contributed by atoms with E-state index >= 15 is 4.39 Å². The number of fused-ring (bicyclic) bond motifs is 10. The van der Waals surface area contributed by atoms with Crippen LogP contribution >= 0.6 is 11.3 Å². The molecule has 3 aliphatic rings. The molecule has 1 unspecified atom stereocenters. The van der Waals surface area contributed by atoms with E-state index < -0.39 is 5.41 Å². The molecule has 3 heteroatoms. The first-order valence-electron chi connectivity index (χ1n) is 12.5. The Kier molecular flexibility index (Phi) is 4.32. The van der Waals surface area contributed by atoms with Gasteiger partial charge in [0.15, 0.2) is 0 Å². The van der Waals surface area contributed by atoms with Crippen molar-refractivity contribution in [2.24, 2.45) is 0 Å². The summed E-state index contributed by atoms with van der Waals surface area (Å²) in [5.41, 5.74) is 6.83.